The van der Waals surface area contributed by atoms with E-state index in [1.807, 2.05) is 26.8 Å². The van der Waals surface area contributed by atoms with Gasteiger partial charge in [-0.1, -0.05) is 110 Å². The Morgan fingerprint density at radius 1 is 0.732 bits per heavy atom. The summed E-state index contributed by atoms with van der Waals surface area (Å²) in [6, 6.07) is 20.4. The number of anilines is 2. The Kier molecular flexibility index (Phi) is 15.7. The van der Waals surface area contributed by atoms with Crippen LogP contribution in [0.2, 0.25) is 0 Å². The van der Waals surface area contributed by atoms with E-state index >= 15 is 0 Å². The summed E-state index contributed by atoms with van der Waals surface area (Å²) >= 11 is 0. The molecule has 1 atom stereocenters. The first-order chi connectivity index (χ1) is 26.5. The van der Waals surface area contributed by atoms with Gasteiger partial charge in [-0.25, -0.2) is 8.42 Å². The van der Waals surface area contributed by atoms with Crippen molar-refractivity contribution < 1.29 is 40.1 Å². The van der Waals surface area contributed by atoms with Gasteiger partial charge < -0.3 is 19.0 Å². The second-order valence-corrected chi connectivity index (χ2v) is 18.4. The fraction of sp³-hybridized carbons (Fsp3) is 0.442. The molecular formula is C43H56N2O9S2. The maximum atomic E-state index is 13.8. The van der Waals surface area contributed by atoms with E-state index in [9.17, 15) is 26.4 Å². The molecule has 0 saturated carbocycles. The molecule has 4 aromatic carbocycles. The maximum absolute atomic E-state index is 13.8. The van der Waals surface area contributed by atoms with Crippen molar-refractivity contribution in [2.75, 3.05) is 16.3 Å². The van der Waals surface area contributed by atoms with Gasteiger partial charge >= 0.3 is 16.1 Å². The predicted molar refractivity (Wildman–Crippen MR) is 223 cm³/mol. The fourth-order valence-electron chi connectivity index (χ4n) is 6.40. The molecule has 13 heteroatoms. The molecule has 2 N–H and O–H groups in total. The third-order valence-corrected chi connectivity index (χ3v) is 11.1. The monoisotopic (exact) mass is 808 g/mol. The van der Waals surface area contributed by atoms with Gasteiger partial charge in [-0.15, -0.1) is 0 Å². The number of benzene rings is 4. The molecule has 0 aliphatic carbocycles. The minimum Gasteiger partial charge on any atom is -0.481 e. The van der Waals surface area contributed by atoms with E-state index in [1.165, 1.54) is 69.7 Å². The van der Waals surface area contributed by atoms with Crippen LogP contribution in [0, 0.1) is 0 Å². The second kappa shape index (κ2) is 20.0. The first-order valence-electron chi connectivity index (χ1n) is 19.3. The Labute approximate surface area is 332 Å². The lowest BCUT2D eigenvalue weighted by atomic mass is 9.86. The lowest BCUT2D eigenvalue weighted by Crippen LogP contribution is -2.33. The van der Waals surface area contributed by atoms with E-state index in [0.29, 0.717) is 29.0 Å². The number of carbonyl (C=O) groups is 2. The molecule has 0 aromatic heterocycles. The number of ether oxygens (including phenoxy) is 2. The minimum atomic E-state index is -4.35. The molecule has 0 saturated heterocycles. The maximum Gasteiger partial charge on any atom is 0.339 e. The lowest BCUT2D eigenvalue weighted by Gasteiger charge is -2.24. The van der Waals surface area contributed by atoms with Crippen LogP contribution in [0.15, 0.2) is 83.8 Å². The largest absolute Gasteiger partial charge is 0.481 e. The number of unbranched alkanes of at least 4 members (excludes halogenated alkanes) is 9. The Balaban J connectivity index is 1.47. The summed E-state index contributed by atoms with van der Waals surface area (Å²) in [5, 5.41) is 3.59. The third kappa shape index (κ3) is 13.5. The van der Waals surface area contributed by atoms with Gasteiger partial charge in [0.2, 0.25) is 10.0 Å². The third-order valence-electron chi connectivity index (χ3n) is 9.18. The van der Waals surface area contributed by atoms with Crippen molar-refractivity contribution in [3.05, 3.63) is 84.4 Å². The zero-order valence-electron chi connectivity index (χ0n) is 33.4. The van der Waals surface area contributed by atoms with Gasteiger partial charge in [0.1, 0.15) is 22.1 Å². The number of hydrogen-bond acceptors (Lipinski definition) is 9. The van der Waals surface area contributed by atoms with Crippen molar-refractivity contribution in [2.24, 2.45) is 0 Å². The highest BCUT2D eigenvalue weighted by Gasteiger charge is 2.26. The summed E-state index contributed by atoms with van der Waals surface area (Å²) in [6.45, 7) is 9.58. The van der Waals surface area contributed by atoms with Crippen LogP contribution in [-0.2, 0) is 35.1 Å². The zero-order chi connectivity index (χ0) is 40.9. The average molecular weight is 809 g/mol. The molecular weight excluding hydrogens is 753 g/mol. The number of esters is 1. The van der Waals surface area contributed by atoms with Crippen LogP contribution in [0.4, 0.5) is 11.4 Å². The summed E-state index contributed by atoms with van der Waals surface area (Å²) < 4.78 is 70.4. The SMILES string of the molecule is CCCCCCCCCCCCC(Oc1ccc(OC(C)=O)c(C(C)(C)C)c1)C(=O)Nc1ccc(OS(=O)(=O)c2ccc(NS(C)(=O)=O)c3ccccc23)cc1. The quantitative estimate of drug-likeness (QED) is 0.0362. The molecule has 0 aliphatic rings. The molecule has 0 radical (unpaired) electrons. The minimum absolute atomic E-state index is 0.0196. The van der Waals surface area contributed by atoms with Crippen molar-refractivity contribution in [3.63, 3.8) is 0 Å². The van der Waals surface area contributed by atoms with E-state index in [0.717, 1.165) is 37.5 Å². The molecule has 1 unspecified atom stereocenters. The van der Waals surface area contributed by atoms with Crippen molar-refractivity contribution >= 4 is 54.2 Å². The first-order valence-corrected chi connectivity index (χ1v) is 22.6. The molecule has 1 amide bonds. The highest BCUT2D eigenvalue weighted by atomic mass is 32.2. The van der Waals surface area contributed by atoms with Crippen LogP contribution in [0.25, 0.3) is 10.8 Å². The molecule has 4 rings (SSSR count). The molecule has 11 nitrogen and oxygen atoms in total. The van der Waals surface area contributed by atoms with Gasteiger partial charge in [-0.3, -0.25) is 14.3 Å². The number of sulfonamides is 1. The number of carbonyl (C=O) groups excluding carboxylic acids is 2. The van der Waals surface area contributed by atoms with Crippen molar-refractivity contribution in [1.29, 1.82) is 0 Å². The van der Waals surface area contributed by atoms with Crippen LogP contribution >= 0.6 is 0 Å². The number of hydrogen-bond donors (Lipinski definition) is 2. The van der Waals surface area contributed by atoms with Gasteiger partial charge in [0.15, 0.2) is 6.10 Å². The summed E-state index contributed by atoms with van der Waals surface area (Å²) in [5.74, 6) is 0.137. The topological polar surface area (TPSA) is 154 Å². The van der Waals surface area contributed by atoms with Gasteiger partial charge in [0.05, 0.1) is 11.9 Å². The highest BCUT2D eigenvalue weighted by molar-refractivity contribution is 7.92. The Morgan fingerprint density at radius 3 is 1.91 bits per heavy atom. The van der Waals surface area contributed by atoms with Crippen LogP contribution in [0.5, 0.6) is 17.2 Å². The number of amides is 1. The molecule has 4 aromatic rings. The summed E-state index contributed by atoms with van der Waals surface area (Å²) in [7, 11) is -7.95. The first kappa shape index (κ1) is 44.1. The predicted octanol–water partition coefficient (Wildman–Crippen LogP) is 9.90. The van der Waals surface area contributed by atoms with Crippen LogP contribution in [-0.4, -0.2) is 41.1 Å². The van der Waals surface area contributed by atoms with Crippen molar-refractivity contribution in [1.82, 2.24) is 0 Å². The highest BCUT2D eigenvalue weighted by Crippen LogP contribution is 2.36. The van der Waals surface area contributed by atoms with Gasteiger partial charge in [0.25, 0.3) is 5.91 Å². The molecule has 0 heterocycles. The van der Waals surface area contributed by atoms with E-state index in [2.05, 4.69) is 17.0 Å². The molecule has 0 spiro atoms. The van der Waals surface area contributed by atoms with Crippen molar-refractivity contribution in [3.8, 4) is 17.2 Å². The summed E-state index contributed by atoms with van der Waals surface area (Å²) in [6.07, 6.45) is 12.2. The van der Waals surface area contributed by atoms with Gasteiger partial charge in [-0.05, 0) is 72.9 Å². The van der Waals surface area contributed by atoms with E-state index in [-0.39, 0.29) is 33.0 Å². The standard InChI is InChI=1S/C43H56N2O9S2/c1-7-8-9-10-11-12-13-14-15-16-21-40(53-34-26-28-39(52-31(2)46)37(30-34)43(3,4)5)42(47)44-32-22-24-33(25-23-32)54-56(50,51)41-29-27-38(45-55(6,48)49)35-19-17-18-20-36(35)41/h17-20,22-30,40,45H,7-16,21H2,1-6H3,(H,44,47). The molecule has 0 bridgehead atoms. The van der Waals surface area contributed by atoms with Crippen molar-refractivity contribution in [2.45, 2.75) is 122 Å². The molecule has 304 valence electrons. The summed E-state index contributed by atoms with van der Waals surface area (Å²) in [4.78, 5) is 25.4. The smallest absolute Gasteiger partial charge is 0.339 e. The second-order valence-electron chi connectivity index (χ2n) is 15.2. The van der Waals surface area contributed by atoms with E-state index in [1.54, 1.807) is 48.5 Å². The number of fused-ring (bicyclic) bond motifs is 1. The van der Waals surface area contributed by atoms with Gasteiger partial charge in [0, 0.05) is 28.9 Å². The molecule has 56 heavy (non-hydrogen) atoms. The van der Waals surface area contributed by atoms with E-state index in [4.69, 9.17) is 13.7 Å². The van der Waals surface area contributed by atoms with Crippen LogP contribution in [0.3, 0.4) is 0 Å². The average Bonchev–Trinajstić information content (AvgIpc) is 3.12. The fourth-order valence-corrected chi connectivity index (χ4v) is 8.12. The van der Waals surface area contributed by atoms with Crippen LogP contribution in [0.1, 0.15) is 111 Å². The lowest BCUT2D eigenvalue weighted by molar-refractivity contribution is -0.132. The molecule has 0 fully saturated rings. The van der Waals surface area contributed by atoms with Gasteiger partial charge in [-0.2, -0.15) is 8.42 Å². The normalized spacial score (nSPS) is 12.5. The Bertz CT molecular complexity index is 2160. The summed E-state index contributed by atoms with van der Waals surface area (Å²) in [5.41, 5.74) is 1.05. The molecule has 0 aliphatic heterocycles. The Morgan fingerprint density at radius 2 is 1.32 bits per heavy atom. The zero-order valence-corrected chi connectivity index (χ0v) is 35.0. The number of nitrogens with one attached hydrogen (secondary N) is 2. The number of rotatable bonds is 21. The Hall–Kier alpha value is -4.62. The van der Waals surface area contributed by atoms with Crippen LogP contribution < -0.4 is 23.7 Å². The van der Waals surface area contributed by atoms with E-state index < -0.39 is 32.2 Å².